The van der Waals surface area contributed by atoms with Gasteiger partial charge in [-0.05, 0) is 42.5 Å². The highest BCUT2D eigenvalue weighted by molar-refractivity contribution is 6.30. The van der Waals surface area contributed by atoms with E-state index in [1.807, 2.05) is 0 Å². The SMILES string of the molecule is O=C(O)c1ccc(O)cc1.O=Cc1ccc(Cl)cc1O. The van der Waals surface area contributed by atoms with Crippen LogP contribution in [-0.4, -0.2) is 27.6 Å². The second-order valence-electron chi connectivity index (χ2n) is 3.67. The Morgan fingerprint density at radius 2 is 1.65 bits per heavy atom. The first-order valence-electron chi connectivity index (χ1n) is 5.40. The van der Waals surface area contributed by atoms with Crippen LogP contribution in [0, 0.1) is 0 Å². The van der Waals surface area contributed by atoms with E-state index in [1.165, 1.54) is 36.4 Å². The van der Waals surface area contributed by atoms with Crippen LogP contribution in [0.1, 0.15) is 20.7 Å². The standard InChI is InChI=1S/C7H5ClO2.C7H6O3/c8-6-2-1-5(4-9)7(10)3-6;8-6-3-1-5(2-4-6)7(9)10/h1-4,10H;1-4,8H,(H,9,10). The Bertz CT molecular complexity index is 607. The predicted octanol–water partition coefficient (Wildman–Crippen LogP) is 2.95. The lowest BCUT2D eigenvalue weighted by Crippen LogP contribution is -1.93. The predicted molar refractivity (Wildman–Crippen MR) is 73.6 cm³/mol. The van der Waals surface area contributed by atoms with E-state index in [9.17, 15) is 9.59 Å². The fraction of sp³-hybridized carbons (Fsp3) is 0. The van der Waals surface area contributed by atoms with Crippen molar-refractivity contribution in [2.75, 3.05) is 0 Å². The topological polar surface area (TPSA) is 94.8 Å². The summed E-state index contributed by atoms with van der Waals surface area (Å²) in [5.74, 6) is -0.993. The average molecular weight is 295 g/mol. The minimum absolute atomic E-state index is 0.0741. The normalized spacial score (nSPS) is 9.25. The van der Waals surface area contributed by atoms with Crippen LogP contribution < -0.4 is 0 Å². The summed E-state index contributed by atoms with van der Waals surface area (Å²) in [6, 6.07) is 9.70. The van der Waals surface area contributed by atoms with E-state index in [1.54, 1.807) is 6.07 Å². The smallest absolute Gasteiger partial charge is 0.335 e. The number of carboxylic acid groups (broad SMARTS) is 1. The molecule has 5 nitrogen and oxygen atoms in total. The van der Waals surface area contributed by atoms with Crippen molar-refractivity contribution in [3.05, 3.63) is 58.6 Å². The molecule has 0 unspecified atom stereocenters. The van der Waals surface area contributed by atoms with E-state index < -0.39 is 5.97 Å². The van der Waals surface area contributed by atoms with Gasteiger partial charge in [0.1, 0.15) is 11.5 Å². The van der Waals surface area contributed by atoms with E-state index in [0.29, 0.717) is 11.3 Å². The van der Waals surface area contributed by atoms with Gasteiger partial charge < -0.3 is 15.3 Å². The molecule has 0 fully saturated rings. The molecule has 0 aliphatic carbocycles. The Balaban J connectivity index is 0.000000200. The van der Waals surface area contributed by atoms with Crippen LogP contribution in [0.4, 0.5) is 0 Å². The molecule has 6 heteroatoms. The molecule has 0 atom stereocenters. The fourth-order valence-electron chi connectivity index (χ4n) is 1.22. The third kappa shape index (κ3) is 4.62. The summed E-state index contributed by atoms with van der Waals surface area (Å²) in [6.45, 7) is 0. The maximum Gasteiger partial charge on any atom is 0.335 e. The van der Waals surface area contributed by atoms with Crippen molar-refractivity contribution in [3.8, 4) is 11.5 Å². The number of aldehydes is 1. The highest BCUT2D eigenvalue weighted by Gasteiger charge is 1.99. The summed E-state index contributed by atoms with van der Waals surface area (Å²) in [4.78, 5) is 20.4. The van der Waals surface area contributed by atoms with Crippen LogP contribution in [-0.2, 0) is 0 Å². The zero-order chi connectivity index (χ0) is 15.1. The number of benzene rings is 2. The molecule has 0 saturated carbocycles. The van der Waals surface area contributed by atoms with Gasteiger partial charge in [0.2, 0.25) is 0 Å². The Hall–Kier alpha value is -2.53. The van der Waals surface area contributed by atoms with Crippen LogP contribution in [0.5, 0.6) is 11.5 Å². The fourth-order valence-corrected chi connectivity index (χ4v) is 1.39. The average Bonchev–Trinajstić information content (AvgIpc) is 2.40. The number of hydrogen-bond acceptors (Lipinski definition) is 4. The highest BCUT2D eigenvalue weighted by atomic mass is 35.5. The summed E-state index contributed by atoms with van der Waals surface area (Å²) >= 11 is 5.50. The van der Waals surface area contributed by atoms with E-state index in [0.717, 1.165) is 0 Å². The van der Waals surface area contributed by atoms with Gasteiger partial charge in [-0.25, -0.2) is 4.79 Å². The van der Waals surface area contributed by atoms with Crippen molar-refractivity contribution in [1.82, 2.24) is 0 Å². The van der Waals surface area contributed by atoms with Gasteiger partial charge in [-0.3, -0.25) is 4.79 Å². The molecule has 20 heavy (non-hydrogen) atoms. The molecule has 104 valence electrons. The first kappa shape index (κ1) is 15.5. The Kier molecular flexibility index (Phi) is 5.56. The number of rotatable bonds is 2. The zero-order valence-electron chi connectivity index (χ0n) is 10.2. The third-order valence-electron chi connectivity index (χ3n) is 2.23. The number of phenolic OH excluding ortho intramolecular Hbond substituents is 2. The molecule has 2 aromatic rings. The number of aromatic hydroxyl groups is 2. The highest BCUT2D eigenvalue weighted by Crippen LogP contribution is 2.19. The number of carbonyl (C=O) groups excluding carboxylic acids is 1. The number of aromatic carboxylic acids is 1. The molecule has 0 heterocycles. The van der Waals surface area contributed by atoms with Gasteiger partial charge in [0.05, 0.1) is 11.1 Å². The molecule has 0 aromatic heterocycles. The minimum atomic E-state index is -0.986. The van der Waals surface area contributed by atoms with Crippen molar-refractivity contribution in [2.45, 2.75) is 0 Å². The van der Waals surface area contributed by atoms with Gasteiger partial charge in [0, 0.05) is 5.02 Å². The van der Waals surface area contributed by atoms with Crippen LogP contribution in [0.3, 0.4) is 0 Å². The lowest BCUT2D eigenvalue weighted by molar-refractivity contribution is 0.0696. The van der Waals surface area contributed by atoms with E-state index in [-0.39, 0.29) is 22.6 Å². The Morgan fingerprint density at radius 1 is 1.05 bits per heavy atom. The molecule has 0 amide bonds. The van der Waals surface area contributed by atoms with Crippen molar-refractivity contribution in [1.29, 1.82) is 0 Å². The second-order valence-corrected chi connectivity index (χ2v) is 4.11. The number of halogens is 1. The van der Waals surface area contributed by atoms with Gasteiger partial charge >= 0.3 is 5.97 Å². The van der Waals surface area contributed by atoms with Gasteiger partial charge in [-0.15, -0.1) is 0 Å². The van der Waals surface area contributed by atoms with Gasteiger partial charge in [0.15, 0.2) is 6.29 Å². The molecule has 2 rings (SSSR count). The Morgan fingerprint density at radius 3 is 2.10 bits per heavy atom. The van der Waals surface area contributed by atoms with Crippen LogP contribution in [0.2, 0.25) is 5.02 Å². The molecule has 0 radical (unpaired) electrons. The van der Waals surface area contributed by atoms with Crippen LogP contribution >= 0.6 is 11.6 Å². The third-order valence-corrected chi connectivity index (χ3v) is 2.47. The zero-order valence-corrected chi connectivity index (χ0v) is 10.9. The molecule has 0 saturated heterocycles. The molecule has 3 N–H and O–H groups in total. The Labute approximate surface area is 119 Å². The van der Waals surface area contributed by atoms with E-state index >= 15 is 0 Å². The van der Waals surface area contributed by atoms with E-state index in [2.05, 4.69) is 0 Å². The molecule has 0 spiro atoms. The largest absolute Gasteiger partial charge is 0.508 e. The van der Waals surface area contributed by atoms with Gasteiger partial charge in [-0.1, -0.05) is 11.6 Å². The van der Waals surface area contributed by atoms with Crippen LogP contribution in [0.15, 0.2) is 42.5 Å². The maximum atomic E-state index is 10.2. The van der Waals surface area contributed by atoms with Crippen molar-refractivity contribution in [3.63, 3.8) is 0 Å². The number of carboxylic acids is 1. The number of hydrogen-bond donors (Lipinski definition) is 3. The number of phenols is 2. The van der Waals surface area contributed by atoms with Gasteiger partial charge in [0.25, 0.3) is 0 Å². The molecule has 0 bridgehead atoms. The first-order valence-corrected chi connectivity index (χ1v) is 5.78. The summed E-state index contributed by atoms with van der Waals surface area (Å²) in [5.41, 5.74) is 0.433. The van der Waals surface area contributed by atoms with Crippen molar-refractivity contribution in [2.24, 2.45) is 0 Å². The summed E-state index contributed by atoms with van der Waals surface area (Å²) < 4.78 is 0. The molecule has 0 aliphatic rings. The van der Waals surface area contributed by atoms with Crippen molar-refractivity contribution >= 4 is 23.9 Å². The summed E-state index contributed by atoms with van der Waals surface area (Å²) in [7, 11) is 0. The minimum Gasteiger partial charge on any atom is -0.508 e. The molecule has 0 aliphatic heterocycles. The first-order chi connectivity index (χ1) is 9.43. The lowest BCUT2D eigenvalue weighted by atomic mass is 10.2. The van der Waals surface area contributed by atoms with Crippen molar-refractivity contribution < 1.29 is 24.9 Å². The monoisotopic (exact) mass is 294 g/mol. The maximum absolute atomic E-state index is 10.2. The summed E-state index contributed by atoms with van der Waals surface area (Å²) in [6.07, 6.45) is 0.575. The molecular weight excluding hydrogens is 284 g/mol. The molecular formula is C14H11ClO5. The molecule has 2 aromatic carbocycles. The summed E-state index contributed by atoms with van der Waals surface area (Å²) in [5, 5.41) is 26.5. The van der Waals surface area contributed by atoms with E-state index in [4.69, 9.17) is 26.9 Å². The second kappa shape index (κ2) is 7.16. The quantitative estimate of drug-likeness (QED) is 0.740. The van der Waals surface area contributed by atoms with Gasteiger partial charge in [-0.2, -0.15) is 0 Å². The lowest BCUT2D eigenvalue weighted by Gasteiger charge is -1.94. The number of carbonyl (C=O) groups is 2. The van der Waals surface area contributed by atoms with Crippen LogP contribution in [0.25, 0.3) is 0 Å².